The van der Waals surface area contributed by atoms with Crippen LogP contribution in [0.25, 0.3) is 0 Å². The first kappa shape index (κ1) is 5.56. The Morgan fingerprint density at radius 3 is 2.70 bits per heavy atom. The van der Waals surface area contributed by atoms with Crippen molar-refractivity contribution in [2.75, 3.05) is 0 Å². The lowest BCUT2D eigenvalue weighted by Crippen LogP contribution is -2.36. The molecule has 0 spiro atoms. The molecule has 10 heavy (non-hydrogen) atoms. The fraction of sp³-hybridized carbons (Fsp3) is 1.00. The van der Waals surface area contributed by atoms with Gasteiger partial charge in [-0.25, -0.2) is 0 Å². The van der Waals surface area contributed by atoms with Crippen LogP contribution in [0.1, 0.15) is 25.7 Å². The van der Waals surface area contributed by atoms with Crippen LogP contribution in [-0.4, -0.2) is 17.1 Å². The Morgan fingerprint density at radius 2 is 2.00 bits per heavy atom. The molecule has 2 heterocycles. The van der Waals surface area contributed by atoms with E-state index in [1.54, 1.807) is 0 Å². The van der Waals surface area contributed by atoms with Gasteiger partial charge >= 0.3 is 0 Å². The van der Waals surface area contributed by atoms with E-state index < -0.39 is 0 Å². The Kier molecular flexibility index (Phi) is 0.868. The lowest BCUT2D eigenvalue weighted by atomic mass is 9.87. The van der Waals surface area contributed by atoms with E-state index in [0.29, 0.717) is 12.1 Å². The van der Waals surface area contributed by atoms with Gasteiger partial charge < -0.3 is 0 Å². The normalized spacial score (nSPS) is 58.5. The van der Waals surface area contributed by atoms with Crippen LogP contribution < -0.4 is 0 Å². The average molecular weight is 138 g/mol. The predicted octanol–water partition coefficient (Wildman–Crippen LogP) is 1.20. The first-order chi connectivity index (χ1) is 4.84. The number of hydroxylamine groups is 2. The average Bonchev–Trinajstić information content (AvgIpc) is 2.31. The van der Waals surface area contributed by atoms with Gasteiger partial charge in [-0.2, -0.15) is 0 Å². The number of nitrogens with zero attached hydrogens (tertiary/aromatic N) is 1. The smallest absolute Gasteiger partial charge is 0.0418 e. The highest BCUT2D eigenvalue weighted by Gasteiger charge is 2.53. The van der Waals surface area contributed by atoms with Crippen LogP contribution in [0.2, 0.25) is 0 Å². The van der Waals surface area contributed by atoms with Gasteiger partial charge in [0.25, 0.3) is 0 Å². The molecule has 55 valence electrons. The molecule has 1 radical (unpaired) electrons. The zero-order chi connectivity index (χ0) is 6.72. The summed E-state index contributed by atoms with van der Waals surface area (Å²) in [6, 6.07) is 0.881. The lowest BCUT2D eigenvalue weighted by molar-refractivity contribution is -0.207. The van der Waals surface area contributed by atoms with Crippen LogP contribution in [0.5, 0.6) is 0 Å². The fourth-order valence-electron chi connectivity index (χ4n) is 3.28. The third-order valence-corrected chi connectivity index (χ3v) is 3.62. The van der Waals surface area contributed by atoms with Crippen LogP contribution >= 0.6 is 0 Å². The van der Waals surface area contributed by atoms with Gasteiger partial charge in [-0.05, 0) is 37.5 Å². The molecule has 4 aliphatic rings. The molecule has 4 bridgehead atoms. The summed E-state index contributed by atoms with van der Waals surface area (Å²) >= 11 is 0. The topological polar surface area (TPSA) is 23.1 Å². The molecule has 2 aliphatic heterocycles. The van der Waals surface area contributed by atoms with E-state index in [2.05, 4.69) is 0 Å². The molecule has 2 saturated heterocycles. The summed E-state index contributed by atoms with van der Waals surface area (Å²) in [5.74, 6) is 1.72. The molecular weight excluding hydrogens is 126 g/mol. The van der Waals surface area contributed by atoms with Gasteiger partial charge in [0.05, 0.1) is 0 Å². The molecule has 0 aromatic rings. The Hall–Kier alpha value is -0.0800. The molecule has 0 N–H and O–H groups in total. The van der Waals surface area contributed by atoms with E-state index in [1.807, 2.05) is 0 Å². The first-order valence-electron chi connectivity index (χ1n) is 4.30. The third-order valence-electron chi connectivity index (χ3n) is 3.62. The first-order valence-corrected chi connectivity index (χ1v) is 4.30. The molecule has 0 amide bonds. The largest absolute Gasteiger partial charge is 0.149 e. The SMILES string of the molecule is [O]N1[C@@H]2C[C@H]3C[C@@H](C2)[C@@H]1C3. The van der Waals surface area contributed by atoms with E-state index in [9.17, 15) is 5.21 Å². The van der Waals surface area contributed by atoms with Crippen LogP contribution in [-0.2, 0) is 5.21 Å². The van der Waals surface area contributed by atoms with Gasteiger partial charge in [0, 0.05) is 12.1 Å². The van der Waals surface area contributed by atoms with Crippen molar-refractivity contribution in [3.63, 3.8) is 0 Å². The molecule has 0 aromatic heterocycles. The van der Waals surface area contributed by atoms with Crippen LogP contribution in [0.3, 0.4) is 0 Å². The summed E-state index contributed by atoms with van der Waals surface area (Å²) in [7, 11) is 0. The number of hydrogen-bond donors (Lipinski definition) is 0. The van der Waals surface area contributed by atoms with Gasteiger partial charge in [-0.3, -0.25) is 0 Å². The van der Waals surface area contributed by atoms with Gasteiger partial charge in [0.1, 0.15) is 0 Å². The Labute approximate surface area is 60.8 Å². The van der Waals surface area contributed by atoms with Crippen LogP contribution in [0, 0.1) is 11.8 Å². The zero-order valence-electron chi connectivity index (χ0n) is 5.99. The Morgan fingerprint density at radius 1 is 1.10 bits per heavy atom. The molecule has 2 aliphatic carbocycles. The van der Waals surface area contributed by atoms with Gasteiger partial charge in [-0.15, -0.1) is 10.3 Å². The standard InChI is InChI=1S/C8H12NO/c10-9-7-2-5-1-6(4-7)8(9)3-5/h5-8H,1-4H2/t5-,6+,7-,8+/m1/s1. The molecule has 2 nitrogen and oxygen atoms in total. The number of rotatable bonds is 0. The summed E-state index contributed by atoms with van der Waals surface area (Å²) in [4.78, 5) is 0. The maximum absolute atomic E-state index is 11.3. The highest BCUT2D eigenvalue weighted by molar-refractivity contribution is 5.03. The Bertz CT molecular complexity index is 165. The molecule has 2 saturated carbocycles. The quantitative estimate of drug-likeness (QED) is 0.493. The fourth-order valence-corrected chi connectivity index (χ4v) is 3.28. The van der Waals surface area contributed by atoms with E-state index >= 15 is 0 Å². The second-order valence-corrected chi connectivity index (χ2v) is 4.15. The van der Waals surface area contributed by atoms with E-state index in [1.165, 1.54) is 30.7 Å². The highest BCUT2D eigenvalue weighted by atomic mass is 16.5. The molecule has 2 heteroatoms. The van der Waals surface area contributed by atoms with Crippen molar-refractivity contribution >= 4 is 0 Å². The zero-order valence-corrected chi connectivity index (χ0v) is 5.99. The molecular formula is C8H12NO. The Balaban J connectivity index is 1.99. The minimum atomic E-state index is 0.433. The van der Waals surface area contributed by atoms with Crippen molar-refractivity contribution in [1.29, 1.82) is 0 Å². The van der Waals surface area contributed by atoms with E-state index in [0.717, 1.165) is 11.8 Å². The highest BCUT2D eigenvalue weighted by Crippen LogP contribution is 2.51. The predicted molar refractivity (Wildman–Crippen MR) is 35.5 cm³/mol. The van der Waals surface area contributed by atoms with Crippen LogP contribution in [0.15, 0.2) is 0 Å². The maximum atomic E-state index is 11.3. The maximum Gasteiger partial charge on any atom is 0.0418 e. The number of piperidine rings is 1. The van der Waals surface area contributed by atoms with Gasteiger partial charge in [-0.1, -0.05) is 0 Å². The summed E-state index contributed by atoms with van der Waals surface area (Å²) in [5.41, 5.74) is 0. The van der Waals surface area contributed by atoms with Crippen molar-refractivity contribution in [3.8, 4) is 0 Å². The summed E-state index contributed by atoms with van der Waals surface area (Å²) in [5, 5.41) is 12.7. The number of hydrogen-bond acceptors (Lipinski definition) is 1. The van der Waals surface area contributed by atoms with Crippen LogP contribution in [0.4, 0.5) is 0 Å². The third kappa shape index (κ3) is 0.487. The molecule has 0 unspecified atom stereocenters. The molecule has 4 rings (SSSR count). The van der Waals surface area contributed by atoms with Gasteiger partial charge in [0.2, 0.25) is 0 Å². The van der Waals surface area contributed by atoms with E-state index in [4.69, 9.17) is 0 Å². The van der Waals surface area contributed by atoms with Crippen molar-refractivity contribution < 1.29 is 5.21 Å². The van der Waals surface area contributed by atoms with Gasteiger partial charge in [0.15, 0.2) is 0 Å². The second kappa shape index (κ2) is 1.56. The summed E-state index contributed by atoms with van der Waals surface area (Å²) in [6.07, 6.45) is 4.99. The van der Waals surface area contributed by atoms with Crippen molar-refractivity contribution in [2.45, 2.75) is 37.8 Å². The monoisotopic (exact) mass is 138 g/mol. The van der Waals surface area contributed by atoms with Crippen molar-refractivity contribution in [3.05, 3.63) is 0 Å². The molecule has 0 aromatic carbocycles. The summed E-state index contributed by atoms with van der Waals surface area (Å²) < 4.78 is 0. The minimum Gasteiger partial charge on any atom is -0.149 e. The second-order valence-electron chi connectivity index (χ2n) is 4.15. The molecule has 4 fully saturated rings. The van der Waals surface area contributed by atoms with E-state index in [-0.39, 0.29) is 0 Å². The summed E-state index contributed by atoms with van der Waals surface area (Å²) in [6.45, 7) is 0. The lowest BCUT2D eigenvalue weighted by Gasteiger charge is -2.28. The minimum absolute atomic E-state index is 0.433. The van der Waals surface area contributed by atoms with Crippen molar-refractivity contribution in [1.82, 2.24) is 5.06 Å². The molecule has 4 atom stereocenters. The van der Waals surface area contributed by atoms with Crippen molar-refractivity contribution in [2.24, 2.45) is 11.8 Å².